The minimum Gasteiger partial charge on any atom is -0.324 e. The average Bonchev–Trinajstić information content (AvgIpc) is 2.82. The summed E-state index contributed by atoms with van der Waals surface area (Å²) in [5.41, 5.74) is 1.31. The largest absolute Gasteiger partial charge is 0.324 e. The van der Waals surface area contributed by atoms with Crippen molar-refractivity contribution in [1.82, 2.24) is 9.21 Å². The molecule has 1 heterocycles. The van der Waals surface area contributed by atoms with E-state index in [9.17, 15) is 17.6 Å². The quantitative estimate of drug-likeness (QED) is 0.620. The lowest BCUT2D eigenvalue weighted by Gasteiger charge is -2.38. The third-order valence-electron chi connectivity index (χ3n) is 5.49. The lowest BCUT2D eigenvalue weighted by molar-refractivity contribution is -0.122. The molecule has 1 atom stereocenters. The van der Waals surface area contributed by atoms with Crippen LogP contribution in [0.15, 0.2) is 89.8 Å². The summed E-state index contributed by atoms with van der Waals surface area (Å²) in [6.07, 6.45) is 0. The van der Waals surface area contributed by atoms with Gasteiger partial charge in [0.2, 0.25) is 15.9 Å². The molecular formula is C24H24FN3O3S. The smallest absolute Gasteiger partial charge is 0.246 e. The fourth-order valence-electron chi connectivity index (χ4n) is 3.85. The molecule has 1 fully saturated rings. The molecule has 0 bridgehead atoms. The van der Waals surface area contributed by atoms with Crippen LogP contribution < -0.4 is 5.32 Å². The van der Waals surface area contributed by atoms with Crippen molar-refractivity contribution in [3.05, 3.63) is 96.3 Å². The zero-order chi connectivity index (χ0) is 22.6. The zero-order valence-electron chi connectivity index (χ0n) is 17.4. The number of nitrogens with zero attached hydrogens (tertiary/aromatic N) is 2. The van der Waals surface area contributed by atoms with Gasteiger partial charge in [-0.25, -0.2) is 12.8 Å². The van der Waals surface area contributed by atoms with Gasteiger partial charge in [0.25, 0.3) is 0 Å². The topological polar surface area (TPSA) is 69.7 Å². The molecule has 0 radical (unpaired) electrons. The van der Waals surface area contributed by atoms with Crippen molar-refractivity contribution in [2.45, 2.75) is 10.9 Å². The molecule has 6 nitrogen and oxygen atoms in total. The zero-order valence-corrected chi connectivity index (χ0v) is 18.2. The number of carbonyl (C=O) groups excluding carboxylic acids is 1. The van der Waals surface area contributed by atoms with Gasteiger partial charge in [-0.05, 0) is 42.0 Å². The number of carbonyl (C=O) groups is 1. The Morgan fingerprint density at radius 3 is 1.97 bits per heavy atom. The van der Waals surface area contributed by atoms with E-state index >= 15 is 0 Å². The van der Waals surface area contributed by atoms with Crippen LogP contribution in [0.25, 0.3) is 0 Å². The Morgan fingerprint density at radius 1 is 0.812 bits per heavy atom. The molecule has 0 unspecified atom stereocenters. The van der Waals surface area contributed by atoms with E-state index in [1.165, 1.54) is 28.6 Å². The van der Waals surface area contributed by atoms with Gasteiger partial charge in [0.15, 0.2) is 0 Å². The Balaban J connectivity index is 1.52. The van der Waals surface area contributed by atoms with Crippen LogP contribution in [0.4, 0.5) is 10.1 Å². The van der Waals surface area contributed by atoms with Gasteiger partial charge in [0.05, 0.1) is 4.90 Å². The van der Waals surface area contributed by atoms with Crippen LogP contribution in [-0.2, 0) is 14.8 Å². The van der Waals surface area contributed by atoms with Crippen LogP contribution in [0.1, 0.15) is 11.6 Å². The summed E-state index contributed by atoms with van der Waals surface area (Å²) in [4.78, 5) is 15.5. The van der Waals surface area contributed by atoms with Crippen LogP contribution in [0.5, 0.6) is 0 Å². The SMILES string of the molecule is O=C(Nc1ccc(F)cc1)[C@@H](c1ccccc1)N1CCN(S(=O)(=O)c2ccccc2)CC1. The van der Waals surface area contributed by atoms with Gasteiger partial charge in [0.1, 0.15) is 11.9 Å². The molecular weight excluding hydrogens is 429 g/mol. The van der Waals surface area contributed by atoms with E-state index in [2.05, 4.69) is 5.32 Å². The molecule has 0 spiro atoms. The van der Waals surface area contributed by atoms with Gasteiger partial charge >= 0.3 is 0 Å². The van der Waals surface area contributed by atoms with E-state index in [1.54, 1.807) is 30.3 Å². The van der Waals surface area contributed by atoms with Gasteiger partial charge in [-0.3, -0.25) is 9.69 Å². The Kier molecular flexibility index (Phi) is 6.64. The second-order valence-corrected chi connectivity index (χ2v) is 9.50. The molecule has 3 aromatic carbocycles. The second-order valence-electron chi connectivity index (χ2n) is 7.56. The van der Waals surface area contributed by atoms with Crippen molar-refractivity contribution in [2.24, 2.45) is 0 Å². The van der Waals surface area contributed by atoms with Gasteiger partial charge < -0.3 is 5.32 Å². The van der Waals surface area contributed by atoms with Gasteiger partial charge in [-0.1, -0.05) is 48.5 Å². The summed E-state index contributed by atoms with van der Waals surface area (Å²) in [7, 11) is -3.58. The summed E-state index contributed by atoms with van der Waals surface area (Å²) in [5, 5.41) is 2.85. The van der Waals surface area contributed by atoms with Gasteiger partial charge in [-0.15, -0.1) is 0 Å². The summed E-state index contributed by atoms with van der Waals surface area (Å²) in [6, 6.07) is 22.7. The highest BCUT2D eigenvalue weighted by Crippen LogP contribution is 2.26. The van der Waals surface area contributed by atoms with Crippen LogP contribution in [0.3, 0.4) is 0 Å². The predicted octanol–water partition coefficient (Wildman–Crippen LogP) is 3.51. The lowest BCUT2D eigenvalue weighted by atomic mass is 10.0. The first-order valence-electron chi connectivity index (χ1n) is 10.4. The van der Waals surface area contributed by atoms with Crippen molar-refractivity contribution >= 4 is 21.6 Å². The number of amides is 1. The first-order chi connectivity index (χ1) is 15.4. The number of piperazine rings is 1. The summed E-state index contributed by atoms with van der Waals surface area (Å²) < 4.78 is 40.5. The molecule has 4 rings (SSSR count). The summed E-state index contributed by atoms with van der Waals surface area (Å²) >= 11 is 0. The first-order valence-corrected chi connectivity index (χ1v) is 11.8. The van der Waals surface area contributed by atoms with Crippen LogP contribution in [0, 0.1) is 5.82 Å². The molecule has 1 N–H and O–H groups in total. The number of anilines is 1. The van der Waals surface area contributed by atoms with E-state index in [4.69, 9.17) is 0 Å². The Bertz CT molecular complexity index is 1150. The van der Waals surface area contributed by atoms with Crippen molar-refractivity contribution in [1.29, 1.82) is 0 Å². The van der Waals surface area contributed by atoms with E-state index in [0.29, 0.717) is 18.8 Å². The average molecular weight is 454 g/mol. The van der Waals surface area contributed by atoms with Crippen LogP contribution >= 0.6 is 0 Å². The van der Waals surface area contributed by atoms with Gasteiger partial charge in [0, 0.05) is 31.9 Å². The molecule has 0 aromatic heterocycles. The molecule has 3 aromatic rings. The van der Waals surface area contributed by atoms with E-state index in [0.717, 1.165) is 5.56 Å². The monoisotopic (exact) mass is 453 g/mol. The molecule has 1 saturated heterocycles. The number of hydrogen-bond acceptors (Lipinski definition) is 4. The van der Waals surface area contributed by atoms with E-state index in [1.807, 2.05) is 35.2 Å². The van der Waals surface area contributed by atoms with Crippen LogP contribution in [-0.4, -0.2) is 49.7 Å². The Hall–Kier alpha value is -3.07. The number of rotatable bonds is 6. The lowest BCUT2D eigenvalue weighted by Crippen LogP contribution is -2.51. The fourth-order valence-corrected chi connectivity index (χ4v) is 5.29. The van der Waals surface area contributed by atoms with Gasteiger partial charge in [-0.2, -0.15) is 4.31 Å². The maximum atomic E-state index is 13.2. The highest BCUT2D eigenvalue weighted by molar-refractivity contribution is 7.89. The Morgan fingerprint density at radius 2 is 1.38 bits per heavy atom. The number of hydrogen-bond donors (Lipinski definition) is 1. The molecule has 1 aliphatic heterocycles. The fraction of sp³-hybridized carbons (Fsp3) is 0.208. The highest BCUT2D eigenvalue weighted by Gasteiger charge is 2.34. The Labute approximate surface area is 187 Å². The predicted molar refractivity (Wildman–Crippen MR) is 121 cm³/mol. The maximum Gasteiger partial charge on any atom is 0.246 e. The molecule has 0 saturated carbocycles. The minimum absolute atomic E-state index is 0.248. The minimum atomic E-state index is -3.58. The number of nitrogens with one attached hydrogen (secondary N) is 1. The molecule has 32 heavy (non-hydrogen) atoms. The first kappa shape index (κ1) is 22.1. The van der Waals surface area contributed by atoms with E-state index < -0.39 is 16.1 Å². The van der Waals surface area contributed by atoms with Crippen molar-refractivity contribution in [3.63, 3.8) is 0 Å². The molecule has 166 valence electrons. The molecule has 8 heteroatoms. The highest BCUT2D eigenvalue weighted by atomic mass is 32.2. The third-order valence-corrected chi connectivity index (χ3v) is 7.41. The molecule has 0 aliphatic carbocycles. The van der Waals surface area contributed by atoms with Crippen molar-refractivity contribution < 1.29 is 17.6 Å². The third kappa shape index (κ3) is 4.88. The van der Waals surface area contributed by atoms with Crippen molar-refractivity contribution in [3.8, 4) is 0 Å². The summed E-state index contributed by atoms with van der Waals surface area (Å²) in [5.74, 6) is -0.625. The van der Waals surface area contributed by atoms with E-state index in [-0.39, 0.29) is 29.7 Å². The maximum absolute atomic E-state index is 13.2. The van der Waals surface area contributed by atoms with Crippen LogP contribution in [0.2, 0.25) is 0 Å². The second kappa shape index (κ2) is 9.60. The number of benzene rings is 3. The summed E-state index contributed by atoms with van der Waals surface area (Å²) in [6.45, 7) is 1.37. The number of sulfonamides is 1. The normalized spacial score (nSPS) is 16.4. The standard InChI is InChI=1S/C24H24FN3O3S/c25-20-11-13-21(14-12-20)26-24(29)23(19-7-3-1-4-8-19)27-15-17-28(18-16-27)32(30,31)22-9-5-2-6-10-22/h1-14,23H,15-18H2,(H,26,29)/t23-/m1/s1. The molecule has 1 aliphatic rings. The van der Waals surface area contributed by atoms with Crippen molar-refractivity contribution in [2.75, 3.05) is 31.5 Å². The molecule has 1 amide bonds. The number of halogens is 1.